The molecule has 0 atom stereocenters. The van der Waals surface area contributed by atoms with Crippen molar-refractivity contribution in [3.05, 3.63) is 0 Å². The van der Waals surface area contributed by atoms with Crippen LogP contribution in [-0.2, 0) is 0 Å². The quantitative estimate of drug-likeness (QED) is 0.571. The third kappa shape index (κ3) is 7.70. The van der Waals surface area contributed by atoms with Crippen molar-refractivity contribution in [2.75, 3.05) is 12.0 Å². The normalized spacial score (nSPS) is 12.7. The summed E-state index contributed by atoms with van der Waals surface area (Å²) in [6.45, 7) is 0. The molecule has 0 aromatic rings. The summed E-state index contributed by atoms with van der Waals surface area (Å²) in [6, 6.07) is 1.82. The van der Waals surface area contributed by atoms with Crippen molar-refractivity contribution < 1.29 is 7.77 Å². The maximum absolute atomic E-state index is 12.0. The Balaban J connectivity index is 3.20. The van der Waals surface area contributed by atoms with Gasteiger partial charge < -0.3 is 0 Å². The van der Waals surface area contributed by atoms with Gasteiger partial charge in [-0.15, -0.1) is 0 Å². The lowest BCUT2D eigenvalue weighted by Gasteiger charge is -2.11. The Hall–Kier alpha value is -0.300. The molecule has 0 unspecified atom stereocenters. The summed E-state index contributed by atoms with van der Waals surface area (Å²) in [5, 5.41) is 7.98. The van der Waals surface area contributed by atoms with E-state index in [1.165, 1.54) is 0 Å². The van der Waals surface area contributed by atoms with E-state index in [9.17, 15) is 7.77 Å². The van der Waals surface area contributed by atoms with Crippen LogP contribution in [0.4, 0.5) is 7.77 Å². The Morgan fingerprint density at radius 2 is 2.11 bits per heavy atom. The lowest BCUT2D eigenvalue weighted by atomic mass is 10.4. The highest BCUT2D eigenvalue weighted by Crippen LogP contribution is 2.47. The minimum absolute atomic E-state index is 0.0967. The van der Waals surface area contributed by atoms with Crippen LogP contribution in [0.3, 0.4) is 0 Å². The molecule has 54 valence electrons. The van der Waals surface area contributed by atoms with Gasteiger partial charge in [-0.25, -0.2) is 0 Å². The predicted molar refractivity (Wildman–Crippen MR) is 35.4 cm³/mol. The summed E-state index contributed by atoms with van der Waals surface area (Å²) in [7, 11) is -3.35. The molecule has 1 nitrogen and oxygen atoms in total. The maximum Gasteiger partial charge on any atom is 0.0622 e. The van der Waals surface area contributed by atoms with Crippen molar-refractivity contribution in [2.24, 2.45) is 0 Å². The van der Waals surface area contributed by atoms with Crippen LogP contribution in [0.15, 0.2) is 0 Å². The Morgan fingerprint density at radius 1 is 1.56 bits per heavy atom. The lowest BCUT2D eigenvalue weighted by molar-refractivity contribution is 0.740. The van der Waals surface area contributed by atoms with Gasteiger partial charge in [-0.2, -0.15) is 13.0 Å². The van der Waals surface area contributed by atoms with Gasteiger partial charge in [0.15, 0.2) is 0 Å². The monoisotopic (exact) mass is 153 g/mol. The molecule has 4 heteroatoms. The fourth-order valence-corrected chi connectivity index (χ4v) is 1.06. The van der Waals surface area contributed by atoms with E-state index in [0.29, 0.717) is 6.42 Å². The molecule has 0 spiro atoms. The molecule has 0 N–H and O–H groups in total. The van der Waals surface area contributed by atoms with E-state index in [1.807, 2.05) is 6.07 Å². The molecule has 0 aliphatic rings. The van der Waals surface area contributed by atoms with Crippen LogP contribution in [0, 0.1) is 11.3 Å². The number of nitriles is 1. The summed E-state index contributed by atoms with van der Waals surface area (Å²) in [6.07, 6.45) is 1.52. The van der Waals surface area contributed by atoms with Gasteiger partial charge in [0.25, 0.3) is 0 Å². The van der Waals surface area contributed by atoms with Crippen molar-refractivity contribution in [3.8, 4) is 6.07 Å². The second kappa shape index (κ2) is 3.67. The van der Waals surface area contributed by atoms with E-state index >= 15 is 0 Å². The molecule has 0 heterocycles. The average Bonchev–Trinajstić information content (AvgIpc) is 1.63. The summed E-state index contributed by atoms with van der Waals surface area (Å²) in [4.78, 5) is 0. The molecule has 0 aromatic carbocycles. The fraction of sp³-hybridized carbons (Fsp3) is 0.800. The summed E-state index contributed by atoms with van der Waals surface area (Å²) in [5.74, 6) is -0.0967. The van der Waals surface area contributed by atoms with E-state index < -0.39 is 10.8 Å². The Kier molecular flexibility index (Phi) is 3.55. The summed E-state index contributed by atoms with van der Waals surface area (Å²) >= 11 is 0. The van der Waals surface area contributed by atoms with Gasteiger partial charge >= 0.3 is 0 Å². The van der Waals surface area contributed by atoms with E-state index in [4.69, 9.17) is 5.26 Å². The highest BCUT2D eigenvalue weighted by atomic mass is 32.3. The standard InChI is InChI=1S/C5H9F2NS/c1-9(6,7)5-3-2-4-8/h2-3,5H2,1H3. The van der Waals surface area contributed by atoms with Crippen molar-refractivity contribution in [1.29, 1.82) is 5.26 Å². The molecular formula is C5H9F2NS. The second-order valence-electron chi connectivity index (χ2n) is 1.84. The Bertz CT molecular complexity index is 113. The SMILES string of the molecule is CS(F)(F)CCCC#N. The highest BCUT2D eigenvalue weighted by molar-refractivity contribution is 8.24. The van der Waals surface area contributed by atoms with Gasteiger partial charge in [-0.05, 0) is 6.42 Å². The fourth-order valence-electron chi connectivity index (χ4n) is 0.405. The third-order valence-electron chi connectivity index (χ3n) is 0.791. The molecule has 0 fully saturated rings. The Labute approximate surface area is 55.6 Å². The molecule has 0 aliphatic heterocycles. The number of hydrogen-bond acceptors (Lipinski definition) is 1. The van der Waals surface area contributed by atoms with E-state index in [2.05, 4.69) is 0 Å². The van der Waals surface area contributed by atoms with E-state index in [-0.39, 0.29) is 12.2 Å². The molecule has 0 saturated heterocycles. The van der Waals surface area contributed by atoms with Gasteiger partial charge in [0, 0.05) is 18.4 Å². The third-order valence-corrected chi connectivity index (χ3v) is 1.80. The molecule has 0 radical (unpaired) electrons. The zero-order valence-electron chi connectivity index (χ0n) is 5.23. The average molecular weight is 153 g/mol. The zero-order valence-corrected chi connectivity index (χ0v) is 6.05. The first-order valence-electron chi connectivity index (χ1n) is 2.58. The minimum atomic E-state index is -3.35. The topological polar surface area (TPSA) is 23.8 Å². The number of rotatable bonds is 3. The van der Waals surface area contributed by atoms with Crippen LogP contribution >= 0.6 is 10.8 Å². The highest BCUT2D eigenvalue weighted by Gasteiger charge is 2.12. The van der Waals surface area contributed by atoms with Crippen molar-refractivity contribution in [2.45, 2.75) is 12.8 Å². The molecule has 0 saturated carbocycles. The second-order valence-corrected chi connectivity index (χ2v) is 4.00. The first kappa shape index (κ1) is 8.70. The molecule has 0 amide bonds. The molecule has 0 aliphatic carbocycles. The van der Waals surface area contributed by atoms with Crippen LogP contribution in [0.5, 0.6) is 0 Å². The molecule has 0 rings (SSSR count). The van der Waals surface area contributed by atoms with Crippen molar-refractivity contribution in [1.82, 2.24) is 0 Å². The molecule has 0 aromatic heterocycles. The predicted octanol–water partition coefficient (Wildman–Crippen LogP) is 2.49. The van der Waals surface area contributed by atoms with Crippen LogP contribution in [0.1, 0.15) is 12.8 Å². The largest absolute Gasteiger partial charge is 0.198 e. The van der Waals surface area contributed by atoms with Gasteiger partial charge in [-0.1, -0.05) is 0 Å². The first-order valence-corrected chi connectivity index (χ1v) is 4.59. The molecule has 0 bridgehead atoms. The maximum atomic E-state index is 12.0. The number of unbranched alkanes of at least 4 members (excludes halogenated alkanes) is 1. The molecule has 9 heavy (non-hydrogen) atoms. The number of nitrogens with zero attached hydrogens (tertiary/aromatic N) is 1. The van der Waals surface area contributed by atoms with Crippen LogP contribution < -0.4 is 0 Å². The number of hydrogen-bond donors (Lipinski definition) is 0. The van der Waals surface area contributed by atoms with Gasteiger partial charge in [0.1, 0.15) is 0 Å². The lowest BCUT2D eigenvalue weighted by Crippen LogP contribution is -1.88. The first-order chi connectivity index (χ1) is 4.06. The van der Waals surface area contributed by atoms with E-state index in [1.54, 1.807) is 0 Å². The Morgan fingerprint density at radius 3 is 2.44 bits per heavy atom. The zero-order chi connectivity index (χ0) is 7.33. The van der Waals surface area contributed by atoms with Crippen molar-refractivity contribution >= 4 is 10.8 Å². The van der Waals surface area contributed by atoms with E-state index in [0.717, 1.165) is 6.26 Å². The number of halogens is 2. The van der Waals surface area contributed by atoms with Gasteiger partial charge in [0.05, 0.1) is 16.9 Å². The van der Waals surface area contributed by atoms with Gasteiger partial charge in [0.2, 0.25) is 0 Å². The van der Waals surface area contributed by atoms with Crippen molar-refractivity contribution in [3.63, 3.8) is 0 Å². The van der Waals surface area contributed by atoms with Crippen LogP contribution in [-0.4, -0.2) is 12.0 Å². The summed E-state index contributed by atoms with van der Waals surface area (Å²) < 4.78 is 24.0. The minimum Gasteiger partial charge on any atom is -0.198 e. The molecular weight excluding hydrogens is 144 g/mol. The van der Waals surface area contributed by atoms with Gasteiger partial charge in [-0.3, -0.25) is 0 Å². The van der Waals surface area contributed by atoms with Crippen LogP contribution in [0.25, 0.3) is 0 Å². The smallest absolute Gasteiger partial charge is 0.0622 e. The summed E-state index contributed by atoms with van der Waals surface area (Å²) in [5.41, 5.74) is 0. The van der Waals surface area contributed by atoms with Crippen LogP contribution in [0.2, 0.25) is 0 Å².